The van der Waals surface area contributed by atoms with Crippen LogP contribution in [0, 0.1) is 5.82 Å². The van der Waals surface area contributed by atoms with Crippen molar-refractivity contribution >= 4 is 12.0 Å². The summed E-state index contributed by atoms with van der Waals surface area (Å²) >= 11 is 0. The van der Waals surface area contributed by atoms with E-state index in [9.17, 15) is 9.18 Å². The highest BCUT2D eigenvalue weighted by atomic mass is 19.1. The Labute approximate surface area is 101 Å². The molecule has 0 aliphatic heterocycles. The predicted octanol–water partition coefficient (Wildman–Crippen LogP) is 1.65. The van der Waals surface area contributed by atoms with Gasteiger partial charge in [-0.05, 0) is 30.7 Å². The maximum Gasteiger partial charge on any atom is 0.246 e. The van der Waals surface area contributed by atoms with Crippen molar-refractivity contribution in [1.29, 1.82) is 0 Å². The maximum atomic E-state index is 12.7. The predicted molar refractivity (Wildman–Crippen MR) is 66.7 cm³/mol. The van der Waals surface area contributed by atoms with Crippen molar-refractivity contribution in [3.05, 3.63) is 41.7 Å². The van der Waals surface area contributed by atoms with Crippen molar-refractivity contribution in [2.75, 3.05) is 19.6 Å². The van der Waals surface area contributed by atoms with Gasteiger partial charge in [-0.2, -0.15) is 0 Å². The van der Waals surface area contributed by atoms with E-state index in [2.05, 4.69) is 0 Å². The van der Waals surface area contributed by atoms with Crippen LogP contribution in [0.3, 0.4) is 0 Å². The molecule has 4 heteroatoms. The van der Waals surface area contributed by atoms with Crippen molar-refractivity contribution in [3.63, 3.8) is 0 Å². The van der Waals surface area contributed by atoms with Crippen LogP contribution < -0.4 is 5.73 Å². The Morgan fingerprint density at radius 3 is 2.59 bits per heavy atom. The van der Waals surface area contributed by atoms with E-state index >= 15 is 0 Å². The highest BCUT2D eigenvalue weighted by molar-refractivity contribution is 5.91. The van der Waals surface area contributed by atoms with E-state index in [1.165, 1.54) is 18.2 Å². The van der Waals surface area contributed by atoms with Gasteiger partial charge in [-0.15, -0.1) is 0 Å². The van der Waals surface area contributed by atoms with Crippen LogP contribution in [0.2, 0.25) is 0 Å². The molecule has 0 saturated carbocycles. The van der Waals surface area contributed by atoms with Crippen LogP contribution in [0.4, 0.5) is 4.39 Å². The second-order valence-corrected chi connectivity index (χ2v) is 3.59. The van der Waals surface area contributed by atoms with E-state index in [1.54, 1.807) is 23.1 Å². The number of carbonyl (C=O) groups excluding carboxylic acids is 1. The SMILES string of the molecule is CCN(CCN)C(=O)/C=C/c1ccc(F)cc1. The molecule has 17 heavy (non-hydrogen) atoms. The van der Waals surface area contributed by atoms with Gasteiger partial charge in [-0.3, -0.25) is 4.79 Å². The molecule has 1 rings (SSSR count). The molecule has 1 aromatic rings. The second-order valence-electron chi connectivity index (χ2n) is 3.59. The maximum absolute atomic E-state index is 12.7. The second kappa shape index (κ2) is 6.81. The van der Waals surface area contributed by atoms with Crippen molar-refractivity contribution in [2.24, 2.45) is 5.73 Å². The fraction of sp³-hybridized carbons (Fsp3) is 0.308. The van der Waals surface area contributed by atoms with Gasteiger partial charge in [0.2, 0.25) is 5.91 Å². The number of carbonyl (C=O) groups is 1. The number of amides is 1. The topological polar surface area (TPSA) is 46.3 Å². The van der Waals surface area contributed by atoms with Gasteiger partial charge in [0.05, 0.1) is 0 Å². The molecule has 2 N–H and O–H groups in total. The Balaban J connectivity index is 2.63. The lowest BCUT2D eigenvalue weighted by Gasteiger charge is -2.17. The van der Waals surface area contributed by atoms with Crippen LogP contribution in [-0.2, 0) is 4.79 Å². The molecule has 0 spiro atoms. The molecule has 0 aromatic heterocycles. The van der Waals surface area contributed by atoms with E-state index in [4.69, 9.17) is 5.73 Å². The molecule has 0 bridgehead atoms. The van der Waals surface area contributed by atoms with E-state index in [1.807, 2.05) is 6.92 Å². The summed E-state index contributed by atoms with van der Waals surface area (Å²) in [5, 5.41) is 0. The fourth-order valence-electron chi connectivity index (χ4n) is 1.43. The Hall–Kier alpha value is -1.68. The van der Waals surface area contributed by atoms with Crippen LogP contribution in [0.5, 0.6) is 0 Å². The Bertz CT molecular complexity index is 387. The summed E-state index contributed by atoms with van der Waals surface area (Å²) in [6.07, 6.45) is 3.15. The van der Waals surface area contributed by atoms with E-state index in [0.717, 1.165) is 5.56 Å². The first-order chi connectivity index (χ1) is 8.17. The third kappa shape index (κ3) is 4.36. The molecule has 0 unspecified atom stereocenters. The lowest BCUT2D eigenvalue weighted by Crippen LogP contribution is -2.33. The lowest BCUT2D eigenvalue weighted by atomic mass is 10.2. The summed E-state index contributed by atoms with van der Waals surface area (Å²) in [6.45, 7) is 3.52. The Kier molecular flexibility index (Phi) is 5.36. The van der Waals surface area contributed by atoms with E-state index in [0.29, 0.717) is 19.6 Å². The summed E-state index contributed by atoms with van der Waals surface area (Å²) in [5.74, 6) is -0.367. The van der Waals surface area contributed by atoms with E-state index in [-0.39, 0.29) is 11.7 Å². The van der Waals surface area contributed by atoms with Gasteiger partial charge in [0.1, 0.15) is 5.82 Å². The summed E-state index contributed by atoms with van der Waals surface area (Å²) in [6, 6.07) is 5.97. The highest BCUT2D eigenvalue weighted by Gasteiger charge is 2.05. The van der Waals surface area contributed by atoms with Gasteiger partial charge in [-0.25, -0.2) is 4.39 Å². The van der Waals surface area contributed by atoms with Crippen LogP contribution >= 0.6 is 0 Å². The molecule has 0 atom stereocenters. The number of nitrogens with two attached hydrogens (primary N) is 1. The number of rotatable bonds is 5. The largest absolute Gasteiger partial charge is 0.338 e. The minimum absolute atomic E-state index is 0.0812. The molecule has 0 heterocycles. The first-order valence-corrected chi connectivity index (χ1v) is 5.60. The Morgan fingerprint density at radius 1 is 1.41 bits per heavy atom. The number of halogens is 1. The van der Waals surface area contributed by atoms with Gasteiger partial charge in [0.25, 0.3) is 0 Å². The van der Waals surface area contributed by atoms with Crippen LogP contribution in [0.1, 0.15) is 12.5 Å². The number of hydrogen-bond acceptors (Lipinski definition) is 2. The van der Waals surface area contributed by atoms with Crippen molar-refractivity contribution in [1.82, 2.24) is 4.90 Å². The third-order valence-corrected chi connectivity index (χ3v) is 2.38. The number of nitrogens with zero attached hydrogens (tertiary/aromatic N) is 1. The molecule has 0 fully saturated rings. The first-order valence-electron chi connectivity index (χ1n) is 5.60. The summed E-state index contributed by atoms with van der Waals surface area (Å²) in [5.41, 5.74) is 6.20. The molecular formula is C13H17FN2O. The average Bonchev–Trinajstić information content (AvgIpc) is 2.35. The number of benzene rings is 1. The summed E-state index contributed by atoms with van der Waals surface area (Å²) in [7, 11) is 0. The standard InChI is InChI=1S/C13H17FN2O/c1-2-16(10-9-15)13(17)8-5-11-3-6-12(14)7-4-11/h3-8H,2,9-10,15H2,1H3/b8-5+. The van der Waals surface area contributed by atoms with Crippen LogP contribution in [0.25, 0.3) is 6.08 Å². The van der Waals surface area contributed by atoms with E-state index < -0.39 is 0 Å². The zero-order valence-corrected chi connectivity index (χ0v) is 9.90. The molecule has 0 saturated heterocycles. The average molecular weight is 236 g/mol. The normalized spacial score (nSPS) is 10.8. The first kappa shape index (κ1) is 13.4. The monoisotopic (exact) mass is 236 g/mol. The molecule has 3 nitrogen and oxygen atoms in total. The van der Waals surface area contributed by atoms with Crippen molar-refractivity contribution < 1.29 is 9.18 Å². The quantitative estimate of drug-likeness (QED) is 0.790. The minimum atomic E-state index is -0.285. The van der Waals surface area contributed by atoms with Crippen molar-refractivity contribution in [2.45, 2.75) is 6.92 Å². The molecule has 92 valence electrons. The fourth-order valence-corrected chi connectivity index (χ4v) is 1.43. The number of likely N-dealkylation sites (N-methyl/N-ethyl adjacent to an activating group) is 1. The highest BCUT2D eigenvalue weighted by Crippen LogP contribution is 2.05. The van der Waals surface area contributed by atoms with Crippen molar-refractivity contribution in [3.8, 4) is 0 Å². The summed E-state index contributed by atoms with van der Waals surface area (Å²) < 4.78 is 12.7. The zero-order valence-electron chi connectivity index (χ0n) is 9.90. The van der Waals surface area contributed by atoms with Gasteiger partial charge in [-0.1, -0.05) is 12.1 Å². The molecule has 0 aliphatic carbocycles. The van der Waals surface area contributed by atoms with Gasteiger partial charge in [0, 0.05) is 25.7 Å². The zero-order chi connectivity index (χ0) is 12.7. The number of hydrogen-bond donors (Lipinski definition) is 1. The molecule has 1 amide bonds. The van der Waals surface area contributed by atoms with Crippen LogP contribution in [0.15, 0.2) is 30.3 Å². The molecular weight excluding hydrogens is 219 g/mol. The van der Waals surface area contributed by atoms with Gasteiger partial charge in [0.15, 0.2) is 0 Å². The van der Waals surface area contributed by atoms with Crippen LogP contribution in [-0.4, -0.2) is 30.4 Å². The molecule has 0 radical (unpaired) electrons. The smallest absolute Gasteiger partial charge is 0.246 e. The third-order valence-electron chi connectivity index (χ3n) is 2.38. The van der Waals surface area contributed by atoms with Gasteiger partial charge < -0.3 is 10.6 Å². The summed E-state index contributed by atoms with van der Waals surface area (Å²) in [4.78, 5) is 13.4. The molecule has 0 aliphatic rings. The minimum Gasteiger partial charge on any atom is -0.338 e. The molecule has 1 aromatic carbocycles. The Morgan fingerprint density at radius 2 is 2.06 bits per heavy atom. The van der Waals surface area contributed by atoms with Gasteiger partial charge >= 0.3 is 0 Å². The lowest BCUT2D eigenvalue weighted by molar-refractivity contribution is -0.125.